The molecule has 1 heterocycles. The fourth-order valence-corrected chi connectivity index (χ4v) is 6.04. The molecule has 1 atom stereocenters. The first-order chi connectivity index (χ1) is 20.0. The van der Waals surface area contributed by atoms with Gasteiger partial charge in [-0.15, -0.1) is 0 Å². The Morgan fingerprint density at radius 1 is 0.683 bits per heavy atom. The van der Waals surface area contributed by atoms with E-state index < -0.39 is 0 Å². The third kappa shape index (κ3) is 5.47. The van der Waals surface area contributed by atoms with Gasteiger partial charge in [0.15, 0.2) is 0 Å². The lowest BCUT2D eigenvalue weighted by molar-refractivity contribution is 0.805. The molecular formula is C39H38N2. The Morgan fingerprint density at radius 2 is 1.24 bits per heavy atom. The number of nitrogens with zero attached hydrogens (tertiary/aromatic N) is 2. The van der Waals surface area contributed by atoms with Gasteiger partial charge in [0, 0.05) is 23.9 Å². The van der Waals surface area contributed by atoms with Crippen molar-refractivity contribution in [2.45, 2.75) is 51.9 Å². The fraction of sp³-hybridized carbons (Fsp3) is 0.205. The Balaban J connectivity index is 1.54. The largest absolute Gasteiger partial charge is 0.299 e. The van der Waals surface area contributed by atoms with Crippen LogP contribution in [-0.4, -0.2) is 9.55 Å². The average molecular weight is 535 g/mol. The number of hydrogen-bond donors (Lipinski definition) is 0. The summed E-state index contributed by atoms with van der Waals surface area (Å²) in [6.45, 7) is 9.22. The standard InChI is InChI=1S/C39H38N2/c1-27(2)36-25-35(26-37(28(3)4)38(36)41-21-20-40-39(41)31-18-12-7-13-19-31)34-23-32(29-14-8-5-9-15-29)22-33(24-34)30-16-10-6-11-17-30/h5-21,23-28,32H,22H2,1-4H3. The third-order valence-corrected chi connectivity index (χ3v) is 8.18. The van der Waals surface area contributed by atoms with E-state index >= 15 is 0 Å². The first-order valence-electron chi connectivity index (χ1n) is 14.8. The zero-order valence-electron chi connectivity index (χ0n) is 24.5. The van der Waals surface area contributed by atoms with Crippen molar-refractivity contribution < 1.29 is 0 Å². The molecule has 0 saturated carbocycles. The molecule has 204 valence electrons. The van der Waals surface area contributed by atoms with Crippen LogP contribution in [0.3, 0.4) is 0 Å². The first-order valence-corrected chi connectivity index (χ1v) is 14.8. The number of aromatic nitrogens is 2. The van der Waals surface area contributed by atoms with Crippen molar-refractivity contribution in [3.05, 3.63) is 155 Å². The highest BCUT2D eigenvalue weighted by atomic mass is 15.1. The molecule has 5 aromatic rings. The van der Waals surface area contributed by atoms with Crippen molar-refractivity contribution >= 4 is 11.1 Å². The van der Waals surface area contributed by atoms with Gasteiger partial charge in [0.05, 0.1) is 5.69 Å². The van der Waals surface area contributed by atoms with Crippen molar-refractivity contribution in [2.24, 2.45) is 0 Å². The van der Waals surface area contributed by atoms with E-state index in [1.54, 1.807) is 0 Å². The molecule has 0 aliphatic heterocycles. The lowest BCUT2D eigenvalue weighted by Gasteiger charge is -2.26. The summed E-state index contributed by atoms with van der Waals surface area (Å²) in [7, 11) is 0. The molecule has 0 fully saturated rings. The van der Waals surface area contributed by atoms with Crippen LogP contribution in [0.25, 0.3) is 28.2 Å². The quantitative estimate of drug-likeness (QED) is 0.203. The molecule has 0 saturated heterocycles. The van der Waals surface area contributed by atoms with E-state index in [0.29, 0.717) is 17.8 Å². The molecule has 4 aromatic carbocycles. The van der Waals surface area contributed by atoms with Gasteiger partial charge in [0.25, 0.3) is 0 Å². The van der Waals surface area contributed by atoms with Crippen molar-refractivity contribution in [3.63, 3.8) is 0 Å². The van der Waals surface area contributed by atoms with Gasteiger partial charge in [-0.3, -0.25) is 4.57 Å². The van der Waals surface area contributed by atoms with Gasteiger partial charge >= 0.3 is 0 Å². The summed E-state index contributed by atoms with van der Waals surface area (Å²) in [5, 5.41) is 0. The Kier molecular flexibility index (Phi) is 7.57. The maximum absolute atomic E-state index is 4.81. The molecule has 0 spiro atoms. The topological polar surface area (TPSA) is 17.8 Å². The summed E-state index contributed by atoms with van der Waals surface area (Å²) in [5.74, 6) is 2.00. The van der Waals surface area contributed by atoms with E-state index in [9.17, 15) is 0 Å². The molecule has 0 amide bonds. The van der Waals surface area contributed by atoms with E-state index in [1.807, 2.05) is 6.20 Å². The molecule has 0 radical (unpaired) electrons. The molecule has 2 heteroatoms. The van der Waals surface area contributed by atoms with Crippen molar-refractivity contribution in [3.8, 4) is 17.1 Å². The van der Waals surface area contributed by atoms with Crippen LogP contribution < -0.4 is 0 Å². The zero-order valence-corrected chi connectivity index (χ0v) is 24.5. The predicted molar refractivity (Wildman–Crippen MR) is 173 cm³/mol. The van der Waals surface area contributed by atoms with Crippen LogP contribution >= 0.6 is 0 Å². The Labute approximate surface area is 244 Å². The zero-order chi connectivity index (χ0) is 28.3. The summed E-state index contributed by atoms with van der Waals surface area (Å²) in [6.07, 6.45) is 9.95. The van der Waals surface area contributed by atoms with Crippen molar-refractivity contribution in [2.75, 3.05) is 0 Å². The average Bonchev–Trinajstić information content (AvgIpc) is 3.51. The minimum atomic E-state index is 0.328. The molecule has 1 unspecified atom stereocenters. The van der Waals surface area contributed by atoms with E-state index in [2.05, 4.69) is 154 Å². The summed E-state index contributed by atoms with van der Waals surface area (Å²) in [6, 6.07) is 37.2. The van der Waals surface area contributed by atoms with Crippen LogP contribution in [0.15, 0.2) is 128 Å². The highest BCUT2D eigenvalue weighted by Gasteiger charge is 2.24. The van der Waals surface area contributed by atoms with Gasteiger partial charge < -0.3 is 0 Å². The summed E-state index contributed by atoms with van der Waals surface area (Å²) >= 11 is 0. The lowest BCUT2D eigenvalue weighted by Crippen LogP contribution is -2.10. The van der Waals surface area contributed by atoms with Crippen LogP contribution in [0.2, 0.25) is 0 Å². The maximum atomic E-state index is 4.81. The van der Waals surface area contributed by atoms with Crippen LogP contribution in [-0.2, 0) is 0 Å². The highest BCUT2D eigenvalue weighted by Crippen LogP contribution is 2.42. The van der Waals surface area contributed by atoms with Gasteiger partial charge in [-0.05, 0) is 69.4 Å². The van der Waals surface area contributed by atoms with E-state index in [0.717, 1.165) is 17.8 Å². The molecular weight excluding hydrogens is 496 g/mol. The van der Waals surface area contributed by atoms with E-state index in [4.69, 9.17) is 4.98 Å². The second-order valence-corrected chi connectivity index (χ2v) is 11.7. The van der Waals surface area contributed by atoms with Crippen molar-refractivity contribution in [1.29, 1.82) is 0 Å². The number of benzene rings is 4. The lowest BCUT2D eigenvalue weighted by atomic mass is 9.80. The summed E-state index contributed by atoms with van der Waals surface area (Å²) in [5.41, 5.74) is 11.7. The van der Waals surface area contributed by atoms with E-state index in [-0.39, 0.29) is 0 Å². The Morgan fingerprint density at radius 3 is 1.83 bits per heavy atom. The second kappa shape index (κ2) is 11.6. The Hall–Kier alpha value is -4.43. The second-order valence-electron chi connectivity index (χ2n) is 11.7. The molecule has 1 aromatic heterocycles. The molecule has 1 aliphatic rings. The predicted octanol–water partition coefficient (Wildman–Crippen LogP) is 10.4. The number of allylic oxidation sites excluding steroid dienone is 4. The van der Waals surface area contributed by atoms with Crippen molar-refractivity contribution in [1.82, 2.24) is 9.55 Å². The SMILES string of the molecule is CC(C)c1cc(C2=CC(c3ccccc3)CC(c3ccccc3)=C2)cc(C(C)C)c1-n1ccnc1-c1ccccc1. The Bertz CT molecular complexity index is 1660. The molecule has 6 rings (SSSR count). The van der Waals surface area contributed by atoms with Crippen LogP contribution in [0, 0.1) is 0 Å². The minimum Gasteiger partial charge on any atom is -0.299 e. The van der Waals surface area contributed by atoms with Gasteiger partial charge in [-0.1, -0.05) is 131 Å². The van der Waals surface area contributed by atoms with Gasteiger partial charge in [-0.25, -0.2) is 4.98 Å². The van der Waals surface area contributed by atoms with Crippen LogP contribution in [0.4, 0.5) is 0 Å². The molecule has 2 nitrogen and oxygen atoms in total. The molecule has 0 N–H and O–H groups in total. The molecule has 0 bridgehead atoms. The first kappa shape index (κ1) is 26.8. The fourth-order valence-electron chi connectivity index (χ4n) is 6.04. The van der Waals surface area contributed by atoms with E-state index in [1.165, 1.54) is 44.7 Å². The monoisotopic (exact) mass is 534 g/mol. The highest BCUT2D eigenvalue weighted by molar-refractivity contribution is 5.88. The van der Waals surface area contributed by atoms with Gasteiger partial charge in [0.2, 0.25) is 0 Å². The molecule has 1 aliphatic carbocycles. The summed E-state index contributed by atoms with van der Waals surface area (Å²) < 4.78 is 2.30. The number of imidazole rings is 1. The van der Waals surface area contributed by atoms with Crippen LogP contribution in [0.5, 0.6) is 0 Å². The number of rotatable bonds is 7. The van der Waals surface area contributed by atoms with Crippen LogP contribution in [0.1, 0.15) is 79.7 Å². The smallest absolute Gasteiger partial charge is 0.144 e. The van der Waals surface area contributed by atoms with Gasteiger partial charge in [0.1, 0.15) is 5.82 Å². The normalized spacial score (nSPS) is 15.2. The summed E-state index contributed by atoms with van der Waals surface area (Å²) in [4.78, 5) is 4.81. The number of hydrogen-bond acceptors (Lipinski definition) is 1. The minimum absolute atomic E-state index is 0.328. The van der Waals surface area contributed by atoms with Gasteiger partial charge in [-0.2, -0.15) is 0 Å². The third-order valence-electron chi connectivity index (χ3n) is 8.18. The molecule has 41 heavy (non-hydrogen) atoms. The maximum Gasteiger partial charge on any atom is 0.144 e.